The summed E-state index contributed by atoms with van der Waals surface area (Å²) in [6.07, 6.45) is 4.70. The lowest BCUT2D eigenvalue weighted by molar-refractivity contribution is 0.332. The minimum atomic E-state index is -0.542. The molecule has 0 aromatic heterocycles. The molecule has 1 heteroatoms. The number of nitrogens with zero attached hydrogens (tertiary/aromatic N) is 1. The van der Waals surface area contributed by atoms with Gasteiger partial charge in [0.15, 0.2) is 0 Å². The maximum atomic E-state index is 2.61. The van der Waals surface area contributed by atoms with Crippen LogP contribution in [-0.4, -0.2) is 0 Å². The predicted octanol–water partition coefficient (Wildman–Crippen LogP) is 17.6. The van der Waals surface area contributed by atoms with Gasteiger partial charge in [-0.15, -0.1) is 0 Å². The highest BCUT2D eigenvalue weighted by Crippen LogP contribution is 2.60. The highest BCUT2D eigenvalue weighted by atomic mass is 15.1. The Bertz CT molecular complexity index is 3070. The summed E-state index contributed by atoms with van der Waals surface area (Å²) in [5.41, 5.74) is 22.0. The van der Waals surface area contributed by atoms with Crippen LogP contribution >= 0.6 is 0 Å². The molecule has 0 radical (unpaired) electrons. The van der Waals surface area contributed by atoms with Crippen molar-refractivity contribution >= 4 is 17.1 Å². The van der Waals surface area contributed by atoms with E-state index in [1.807, 2.05) is 0 Å². The van der Waals surface area contributed by atoms with Crippen LogP contribution in [0.3, 0.4) is 0 Å². The first-order chi connectivity index (χ1) is 31.7. The molecule has 11 rings (SSSR count). The van der Waals surface area contributed by atoms with Gasteiger partial charge in [0.05, 0.1) is 16.8 Å². The number of hydrogen-bond donors (Lipinski definition) is 0. The van der Waals surface area contributed by atoms with Crippen LogP contribution in [0.15, 0.2) is 188 Å². The summed E-state index contributed by atoms with van der Waals surface area (Å²) >= 11 is 0. The van der Waals surface area contributed by atoms with Gasteiger partial charge in [-0.1, -0.05) is 213 Å². The van der Waals surface area contributed by atoms with Gasteiger partial charge in [-0.3, -0.25) is 0 Å². The molecule has 0 aliphatic heterocycles. The first kappa shape index (κ1) is 42.2. The fraction of sp³-hybridized carbons (Fsp3) is 0.262. The molecule has 0 amide bonds. The van der Waals surface area contributed by atoms with Crippen LogP contribution in [0.2, 0.25) is 0 Å². The second-order valence-electron chi connectivity index (χ2n) is 22.2. The molecule has 0 atom stereocenters. The van der Waals surface area contributed by atoms with E-state index in [1.165, 1.54) is 102 Å². The molecule has 66 heavy (non-hydrogen) atoms. The number of rotatable bonds is 7. The van der Waals surface area contributed by atoms with Crippen LogP contribution in [0.1, 0.15) is 126 Å². The summed E-state index contributed by atoms with van der Waals surface area (Å²) in [6, 6.07) is 71.8. The van der Waals surface area contributed by atoms with Gasteiger partial charge < -0.3 is 4.90 Å². The quantitative estimate of drug-likeness (QED) is 0.154. The summed E-state index contributed by atoms with van der Waals surface area (Å²) in [6.45, 7) is 19.5. The monoisotopic (exact) mass is 857 g/mol. The van der Waals surface area contributed by atoms with E-state index in [9.17, 15) is 0 Å². The molecule has 0 heterocycles. The zero-order valence-electron chi connectivity index (χ0n) is 40.2. The Balaban J connectivity index is 1.21. The van der Waals surface area contributed by atoms with Crippen molar-refractivity contribution < 1.29 is 0 Å². The summed E-state index contributed by atoms with van der Waals surface area (Å²) in [4.78, 5) is 2.61. The normalized spacial score (nSPS) is 17.8. The third-order valence-electron chi connectivity index (χ3n) is 16.3. The van der Waals surface area contributed by atoms with Crippen LogP contribution in [0, 0.1) is 0 Å². The van der Waals surface area contributed by atoms with Crippen molar-refractivity contribution in [2.24, 2.45) is 0 Å². The molecule has 3 aliphatic carbocycles. The Morgan fingerprint density at radius 3 is 1.48 bits per heavy atom. The topological polar surface area (TPSA) is 3.24 Å². The molecule has 0 spiro atoms. The number of fused-ring (bicyclic) bond motifs is 5. The molecule has 3 aliphatic rings. The van der Waals surface area contributed by atoms with Gasteiger partial charge in [-0.2, -0.15) is 0 Å². The van der Waals surface area contributed by atoms with E-state index in [0.29, 0.717) is 0 Å². The van der Waals surface area contributed by atoms with Gasteiger partial charge in [0, 0.05) is 11.3 Å². The van der Waals surface area contributed by atoms with Crippen molar-refractivity contribution in [3.63, 3.8) is 0 Å². The molecule has 8 aromatic carbocycles. The van der Waals surface area contributed by atoms with Crippen LogP contribution in [-0.2, 0) is 27.1 Å². The summed E-state index contributed by atoms with van der Waals surface area (Å²) < 4.78 is 0. The van der Waals surface area contributed by atoms with Crippen molar-refractivity contribution in [3.8, 4) is 33.4 Å². The molecule has 0 unspecified atom stereocenters. The largest absolute Gasteiger partial charge is 0.310 e. The predicted molar refractivity (Wildman–Crippen MR) is 280 cm³/mol. The van der Waals surface area contributed by atoms with Crippen molar-refractivity contribution in [1.29, 1.82) is 0 Å². The average Bonchev–Trinajstić information content (AvgIpc) is 3.63. The van der Waals surface area contributed by atoms with Crippen LogP contribution in [0.5, 0.6) is 0 Å². The van der Waals surface area contributed by atoms with Gasteiger partial charge >= 0.3 is 0 Å². The fourth-order valence-electron chi connectivity index (χ4n) is 12.4. The molecule has 0 bridgehead atoms. The van der Waals surface area contributed by atoms with Crippen molar-refractivity contribution in [3.05, 3.63) is 233 Å². The molecule has 0 saturated heterocycles. The minimum Gasteiger partial charge on any atom is -0.310 e. The van der Waals surface area contributed by atoms with E-state index < -0.39 is 5.41 Å². The number of para-hydroxylation sites is 1. The van der Waals surface area contributed by atoms with Crippen molar-refractivity contribution in [2.75, 3.05) is 4.90 Å². The SMILES string of the molecule is CC1(C)CCC(C)(C)c2cc(-c3ccc(-c4cc5c(cc4N(c4ccccc4)c4cccc6c4C(C)(C)CCC6(C)C)C(c4ccccc4)(c4ccccc4)c4ccccc4-5)cc3)ccc21. The van der Waals surface area contributed by atoms with E-state index in [2.05, 4.69) is 248 Å². The molecule has 328 valence electrons. The Morgan fingerprint density at radius 2 is 0.833 bits per heavy atom. The number of benzene rings is 8. The highest BCUT2D eigenvalue weighted by molar-refractivity contribution is 5.97. The fourth-order valence-corrected chi connectivity index (χ4v) is 12.4. The van der Waals surface area contributed by atoms with E-state index in [-0.39, 0.29) is 21.7 Å². The molecule has 1 nitrogen and oxygen atoms in total. The minimum absolute atomic E-state index is 0.0280. The molecule has 0 N–H and O–H groups in total. The van der Waals surface area contributed by atoms with E-state index >= 15 is 0 Å². The second-order valence-corrected chi connectivity index (χ2v) is 22.2. The smallest absolute Gasteiger partial charge is 0.0714 e. The Kier molecular flexibility index (Phi) is 9.79. The second kappa shape index (κ2) is 15.3. The Hall–Kier alpha value is -6.44. The zero-order valence-corrected chi connectivity index (χ0v) is 40.2. The first-order valence-corrected chi connectivity index (χ1v) is 24.4. The Labute approximate surface area is 394 Å². The van der Waals surface area contributed by atoms with Gasteiger partial charge in [0.25, 0.3) is 0 Å². The third-order valence-corrected chi connectivity index (χ3v) is 16.3. The molecule has 0 saturated carbocycles. The molecule has 8 aromatic rings. The third kappa shape index (κ3) is 6.56. The lowest BCUT2D eigenvalue weighted by Gasteiger charge is -2.45. The highest BCUT2D eigenvalue weighted by Gasteiger charge is 2.47. The van der Waals surface area contributed by atoms with Crippen molar-refractivity contribution in [1.82, 2.24) is 0 Å². The van der Waals surface area contributed by atoms with Gasteiger partial charge in [0.1, 0.15) is 0 Å². The van der Waals surface area contributed by atoms with Crippen LogP contribution < -0.4 is 4.90 Å². The van der Waals surface area contributed by atoms with Crippen LogP contribution in [0.25, 0.3) is 33.4 Å². The van der Waals surface area contributed by atoms with Crippen molar-refractivity contribution in [2.45, 2.75) is 108 Å². The molecular formula is C65H63N. The maximum absolute atomic E-state index is 2.61. The maximum Gasteiger partial charge on any atom is 0.0714 e. The first-order valence-electron chi connectivity index (χ1n) is 24.4. The zero-order chi connectivity index (χ0) is 45.6. The number of hydrogen-bond acceptors (Lipinski definition) is 1. The Morgan fingerprint density at radius 1 is 0.318 bits per heavy atom. The lowest BCUT2D eigenvalue weighted by Crippen LogP contribution is -2.35. The van der Waals surface area contributed by atoms with Crippen LogP contribution in [0.4, 0.5) is 17.1 Å². The van der Waals surface area contributed by atoms with Gasteiger partial charge in [0.2, 0.25) is 0 Å². The van der Waals surface area contributed by atoms with E-state index in [4.69, 9.17) is 0 Å². The standard InChI is InChI=1S/C65H63N/c1-61(2)37-38-63(5,6)57-41-46(35-36-54(57)61)44-31-33-45(34-32-44)51-42-52-50-27-18-19-28-53(50)65(47-21-12-9-13-22-47,48-23-14-10-15-24-48)56(52)43-59(51)66(49-25-16-11-17-26-49)58-30-20-29-55-60(58)64(7,8)40-39-62(55,3)4/h9-36,41-43H,37-40H2,1-8H3. The average molecular weight is 858 g/mol. The summed E-state index contributed by atoms with van der Waals surface area (Å²) in [5.74, 6) is 0. The lowest BCUT2D eigenvalue weighted by atomic mass is 9.62. The van der Waals surface area contributed by atoms with E-state index in [1.54, 1.807) is 0 Å². The van der Waals surface area contributed by atoms with Gasteiger partial charge in [-0.05, 0) is 150 Å². The molecular weight excluding hydrogens is 795 g/mol. The van der Waals surface area contributed by atoms with E-state index in [0.717, 1.165) is 18.5 Å². The summed E-state index contributed by atoms with van der Waals surface area (Å²) in [5, 5.41) is 0. The molecule has 0 fully saturated rings. The summed E-state index contributed by atoms with van der Waals surface area (Å²) in [7, 11) is 0. The number of anilines is 3. The van der Waals surface area contributed by atoms with Gasteiger partial charge in [-0.25, -0.2) is 0 Å².